The lowest BCUT2D eigenvalue weighted by atomic mass is 10.0. The van der Waals surface area contributed by atoms with Crippen LogP contribution in [0.3, 0.4) is 0 Å². The zero-order chi connectivity index (χ0) is 20.3. The lowest BCUT2D eigenvalue weighted by Crippen LogP contribution is -2.33. The van der Waals surface area contributed by atoms with Crippen LogP contribution in [0.5, 0.6) is 0 Å². The molecule has 1 atom stereocenters. The Bertz CT molecular complexity index is 1030. The van der Waals surface area contributed by atoms with Gasteiger partial charge in [-0.25, -0.2) is 9.97 Å². The molecule has 3 aromatic rings. The minimum Gasteiger partial charge on any atom is -0.368 e. The number of aromatic nitrogens is 3. The third kappa shape index (κ3) is 4.09. The summed E-state index contributed by atoms with van der Waals surface area (Å²) in [5, 5.41) is 2.97. The monoisotopic (exact) mass is 400 g/mol. The van der Waals surface area contributed by atoms with E-state index in [0.717, 1.165) is 59.6 Å². The molecule has 1 saturated carbocycles. The van der Waals surface area contributed by atoms with Crippen LogP contribution < -0.4 is 5.32 Å². The molecule has 0 spiro atoms. The average Bonchev–Trinajstić information content (AvgIpc) is 3.51. The van der Waals surface area contributed by atoms with E-state index >= 15 is 0 Å². The highest BCUT2D eigenvalue weighted by Gasteiger charge is 2.28. The first-order chi connectivity index (χ1) is 14.8. The second kappa shape index (κ2) is 8.32. The molecule has 1 aliphatic heterocycles. The van der Waals surface area contributed by atoms with Crippen LogP contribution in [0.1, 0.15) is 43.0 Å². The van der Waals surface area contributed by atoms with Gasteiger partial charge in [-0.3, -0.25) is 9.78 Å². The van der Waals surface area contributed by atoms with Gasteiger partial charge in [0.25, 0.3) is 0 Å². The van der Waals surface area contributed by atoms with E-state index < -0.39 is 0 Å². The van der Waals surface area contributed by atoms with Crippen LogP contribution in [0.25, 0.3) is 22.5 Å². The number of hydrogen-bond acceptors (Lipinski definition) is 5. The lowest BCUT2D eigenvalue weighted by Gasteiger charge is -2.12. The molecule has 0 bridgehead atoms. The van der Waals surface area contributed by atoms with Gasteiger partial charge in [-0.2, -0.15) is 0 Å². The number of carbonyl (C=O) groups excluding carboxylic acids is 1. The highest BCUT2D eigenvalue weighted by atomic mass is 16.5. The molecule has 1 aromatic carbocycles. The summed E-state index contributed by atoms with van der Waals surface area (Å²) in [6.07, 6.45) is 7.46. The maximum Gasteiger partial charge on any atom is 0.249 e. The van der Waals surface area contributed by atoms with Crippen molar-refractivity contribution >= 4 is 5.91 Å². The first kappa shape index (κ1) is 18.9. The Morgan fingerprint density at radius 2 is 1.93 bits per heavy atom. The number of carbonyl (C=O) groups is 1. The summed E-state index contributed by atoms with van der Waals surface area (Å²) in [6, 6.07) is 14.0. The summed E-state index contributed by atoms with van der Waals surface area (Å²) in [5.74, 6) is 1.37. The van der Waals surface area contributed by atoms with E-state index in [0.29, 0.717) is 19.1 Å². The number of ether oxygens (including phenoxy) is 1. The normalized spacial score (nSPS) is 18.3. The average molecular weight is 400 g/mol. The van der Waals surface area contributed by atoms with Crippen molar-refractivity contribution in [3.63, 3.8) is 0 Å². The van der Waals surface area contributed by atoms with Crippen molar-refractivity contribution in [3.05, 3.63) is 66.2 Å². The minimum atomic E-state index is -0.299. The third-order valence-electron chi connectivity index (χ3n) is 5.61. The summed E-state index contributed by atoms with van der Waals surface area (Å²) >= 11 is 0. The van der Waals surface area contributed by atoms with E-state index in [4.69, 9.17) is 9.72 Å². The van der Waals surface area contributed by atoms with Gasteiger partial charge >= 0.3 is 0 Å². The van der Waals surface area contributed by atoms with Crippen molar-refractivity contribution < 1.29 is 9.53 Å². The van der Waals surface area contributed by atoms with Gasteiger partial charge in [-0.15, -0.1) is 0 Å². The quantitative estimate of drug-likeness (QED) is 0.680. The number of benzene rings is 1. The van der Waals surface area contributed by atoms with Crippen molar-refractivity contribution in [2.75, 3.05) is 6.61 Å². The molecule has 152 valence electrons. The summed E-state index contributed by atoms with van der Waals surface area (Å²) in [6.45, 7) is 1.16. The van der Waals surface area contributed by atoms with Crippen LogP contribution in [-0.2, 0) is 16.1 Å². The highest BCUT2D eigenvalue weighted by molar-refractivity contribution is 5.81. The topological polar surface area (TPSA) is 77.0 Å². The summed E-state index contributed by atoms with van der Waals surface area (Å²) in [5.41, 5.74) is 4.76. The number of hydrogen-bond donors (Lipinski definition) is 1. The molecule has 6 heteroatoms. The SMILES string of the molecule is O=C(NCc1ccc(-c2nc(C3CC3)ncc2-c2ccccn2)cc1)[C@@H]1CCCO1. The zero-order valence-electron chi connectivity index (χ0n) is 16.8. The van der Waals surface area contributed by atoms with Gasteiger partial charge in [0, 0.05) is 42.6 Å². The number of amides is 1. The van der Waals surface area contributed by atoms with Gasteiger partial charge in [0.2, 0.25) is 5.91 Å². The molecule has 0 radical (unpaired) electrons. The van der Waals surface area contributed by atoms with Gasteiger partial charge in [-0.05, 0) is 43.4 Å². The predicted molar refractivity (Wildman–Crippen MR) is 113 cm³/mol. The van der Waals surface area contributed by atoms with E-state index in [9.17, 15) is 4.79 Å². The second-order valence-corrected chi connectivity index (χ2v) is 7.90. The molecule has 2 aromatic heterocycles. The zero-order valence-corrected chi connectivity index (χ0v) is 16.8. The maximum atomic E-state index is 12.2. The van der Waals surface area contributed by atoms with Crippen LogP contribution in [0.2, 0.25) is 0 Å². The lowest BCUT2D eigenvalue weighted by molar-refractivity contribution is -0.130. The molecular formula is C24H24N4O2. The van der Waals surface area contributed by atoms with Gasteiger partial charge in [0.15, 0.2) is 0 Å². The molecule has 1 N–H and O–H groups in total. The Kier molecular flexibility index (Phi) is 5.24. The Morgan fingerprint density at radius 3 is 2.63 bits per heavy atom. The molecular weight excluding hydrogens is 376 g/mol. The Balaban J connectivity index is 1.38. The van der Waals surface area contributed by atoms with Crippen molar-refractivity contribution in [1.82, 2.24) is 20.3 Å². The minimum absolute atomic E-state index is 0.0288. The molecule has 1 aliphatic carbocycles. The fraction of sp³-hybridized carbons (Fsp3) is 0.333. The molecule has 2 aliphatic rings. The van der Waals surface area contributed by atoms with Crippen LogP contribution in [0.15, 0.2) is 54.9 Å². The van der Waals surface area contributed by atoms with Crippen molar-refractivity contribution in [2.45, 2.75) is 44.2 Å². The standard InChI is InChI=1S/C24H24N4O2/c29-24(21-5-3-13-30-21)27-14-16-6-8-17(9-7-16)22-19(20-4-1-2-12-25-20)15-26-23(28-22)18-10-11-18/h1-2,4,6-9,12,15,18,21H,3,5,10-11,13-14H2,(H,27,29)/t21-/m0/s1. The van der Waals surface area contributed by atoms with E-state index in [1.54, 1.807) is 6.20 Å². The van der Waals surface area contributed by atoms with Gasteiger partial charge in [0.05, 0.1) is 11.4 Å². The first-order valence-corrected chi connectivity index (χ1v) is 10.5. The second-order valence-electron chi connectivity index (χ2n) is 7.90. The van der Waals surface area contributed by atoms with Crippen molar-refractivity contribution in [1.29, 1.82) is 0 Å². The molecule has 3 heterocycles. The molecule has 30 heavy (non-hydrogen) atoms. The molecule has 1 amide bonds. The highest BCUT2D eigenvalue weighted by Crippen LogP contribution is 2.40. The van der Waals surface area contributed by atoms with E-state index in [1.807, 2.05) is 36.5 Å². The number of nitrogens with one attached hydrogen (secondary N) is 1. The van der Waals surface area contributed by atoms with E-state index in [-0.39, 0.29) is 12.0 Å². The molecule has 0 unspecified atom stereocenters. The fourth-order valence-electron chi connectivity index (χ4n) is 3.73. The first-order valence-electron chi connectivity index (χ1n) is 10.5. The molecule has 6 nitrogen and oxygen atoms in total. The van der Waals surface area contributed by atoms with Crippen LogP contribution in [0, 0.1) is 0 Å². The predicted octanol–water partition coefficient (Wildman–Crippen LogP) is 3.88. The molecule has 1 saturated heterocycles. The summed E-state index contributed by atoms with van der Waals surface area (Å²) in [4.78, 5) is 26.1. The van der Waals surface area contributed by atoms with E-state index in [2.05, 4.69) is 27.4 Å². The van der Waals surface area contributed by atoms with Gasteiger partial charge < -0.3 is 10.1 Å². The van der Waals surface area contributed by atoms with Crippen LogP contribution >= 0.6 is 0 Å². The smallest absolute Gasteiger partial charge is 0.249 e. The number of pyridine rings is 1. The third-order valence-corrected chi connectivity index (χ3v) is 5.61. The Labute approximate surface area is 175 Å². The van der Waals surface area contributed by atoms with Crippen LogP contribution in [-0.4, -0.2) is 33.6 Å². The van der Waals surface area contributed by atoms with Crippen LogP contribution in [0.4, 0.5) is 0 Å². The van der Waals surface area contributed by atoms with Crippen molar-refractivity contribution in [3.8, 4) is 22.5 Å². The Hall–Kier alpha value is -3.12. The van der Waals surface area contributed by atoms with Gasteiger partial charge in [-0.1, -0.05) is 30.3 Å². The van der Waals surface area contributed by atoms with Crippen molar-refractivity contribution in [2.24, 2.45) is 0 Å². The Morgan fingerprint density at radius 1 is 1.07 bits per heavy atom. The summed E-state index contributed by atoms with van der Waals surface area (Å²) in [7, 11) is 0. The molecule has 2 fully saturated rings. The summed E-state index contributed by atoms with van der Waals surface area (Å²) < 4.78 is 5.44. The fourth-order valence-corrected chi connectivity index (χ4v) is 3.73. The van der Waals surface area contributed by atoms with Gasteiger partial charge in [0.1, 0.15) is 11.9 Å². The van der Waals surface area contributed by atoms with E-state index in [1.165, 1.54) is 0 Å². The number of rotatable bonds is 6. The molecule has 5 rings (SSSR count). The largest absolute Gasteiger partial charge is 0.368 e. The number of nitrogens with zero attached hydrogens (tertiary/aromatic N) is 3. The maximum absolute atomic E-state index is 12.2.